The van der Waals surface area contributed by atoms with Gasteiger partial charge in [-0.15, -0.1) is 0 Å². The van der Waals surface area contributed by atoms with Crippen LogP contribution in [0, 0.1) is 16.7 Å². The van der Waals surface area contributed by atoms with Gasteiger partial charge in [0.15, 0.2) is 0 Å². The van der Waals surface area contributed by atoms with Gasteiger partial charge in [-0.25, -0.2) is 0 Å². The van der Waals surface area contributed by atoms with E-state index in [9.17, 15) is 28.8 Å². The summed E-state index contributed by atoms with van der Waals surface area (Å²) in [5, 5.41) is 28.6. The Balaban J connectivity index is -0.000000727. The van der Waals surface area contributed by atoms with Gasteiger partial charge in [0, 0.05) is 31.5 Å². The number of ether oxygens (including phenoxy) is 4. The summed E-state index contributed by atoms with van der Waals surface area (Å²) in [6.45, 7) is 15.6. The monoisotopic (exact) mass is 750 g/mol. The molecule has 0 saturated carbocycles. The van der Waals surface area contributed by atoms with E-state index >= 15 is 0 Å². The fraction of sp³-hybridized carbons (Fsp3) is 0.833. The number of carbonyl (C=O) groups excluding carboxylic acids is 4. The van der Waals surface area contributed by atoms with Crippen LogP contribution in [0.15, 0.2) is 0 Å². The molecule has 0 aromatic carbocycles. The fourth-order valence-electron chi connectivity index (χ4n) is 3.66. The first-order valence-electron chi connectivity index (χ1n) is 18.1. The van der Waals surface area contributed by atoms with Gasteiger partial charge in [0.25, 0.3) is 0 Å². The molecule has 1 atom stereocenters. The van der Waals surface area contributed by atoms with Crippen molar-refractivity contribution in [3.8, 4) is 0 Å². The largest absolute Gasteiger partial charge is 0.481 e. The molecule has 6 N–H and O–H groups in total. The molecule has 2 amide bonds. The molecule has 0 aliphatic rings. The van der Waals surface area contributed by atoms with Crippen molar-refractivity contribution in [2.24, 2.45) is 16.7 Å². The van der Waals surface area contributed by atoms with E-state index in [1.165, 1.54) is 32.7 Å². The Bertz CT molecular complexity index is 948. The SMILES string of the molecule is CC(C)(C=O)C(C)(C)C(=O)O.CNC(CCC(=O)NCCOCCOCC=O)C(=O)O.CNCCOCCOCC(=O)NCCCCCCC(C)C. The summed E-state index contributed by atoms with van der Waals surface area (Å²) >= 11 is 0. The normalized spacial score (nSPS) is 11.7. The second-order valence-corrected chi connectivity index (χ2v) is 13.4. The maximum Gasteiger partial charge on any atom is 0.320 e. The maximum absolute atomic E-state index is 11.5. The highest BCUT2D eigenvalue weighted by molar-refractivity contribution is 5.80. The van der Waals surface area contributed by atoms with E-state index < -0.39 is 28.8 Å². The molecule has 0 spiro atoms. The Hall–Kier alpha value is -3.02. The van der Waals surface area contributed by atoms with E-state index in [-0.39, 0.29) is 37.9 Å². The highest BCUT2D eigenvalue weighted by atomic mass is 16.5. The summed E-state index contributed by atoms with van der Waals surface area (Å²) < 4.78 is 20.6. The van der Waals surface area contributed by atoms with Gasteiger partial charge in [0.2, 0.25) is 11.8 Å². The zero-order valence-corrected chi connectivity index (χ0v) is 33.0. The van der Waals surface area contributed by atoms with Crippen molar-refractivity contribution < 1.29 is 57.9 Å². The molecule has 0 aromatic rings. The minimum absolute atomic E-state index is 0.0348. The Labute approximate surface area is 311 Å². The zero-order valence-electron chi connectivity index (χ0n) is 33.0. The van der Waals surface area contributed by atoms with Crippen molar-refractivity contribution in [2.45, 2.75) is 92.5 Å². The van der Waals surface area contributed by atoms with Gasteiger partial charge < -0.3 is 60.0 Å². The molecule has 16 nitrogen and oxygen atoms in total. The minimum Gasteiger partial charge on any atom is -0.481 e. The Morgan fingerprint density at radius 1 is 0.692 bits per heavy atom. The predicted octanol–water partition coefficient (Wildman–Crippen LogP) is 2.07. The lowest BCUT2D eigenvalue weighted by atomic mass is 9.69. The van der Waals surface area contributed by atoms with Crippen LogP contribution in [0.5, 0.6) is 0 Å². The number of nitrogens with one attached hydrogen (secondary N) is 4. The van der Waals surface area contributed by atoms with Crippen LogP contribution in [0.1, 0.15) is 86.5 Å². The lowest BCUT2D eigenvalue weighted by Crippen LogP contribution is -2.40. The van der Waals surface area contributed by atoms with Crippen LogP contribution in [-0.2, 0) is 47.7 Å². The molecule has 1 unspecified atom stereocenters. The van der Waals surface area contributed by atoms with Crippen molar-refractivity contribution in [1.82, 2.24) is 21.3 Å². The van der Waals surface area contributed by atoms with Gasteiger partial charge in [-0.2, -0.15) is 0 Å². The van der Waals surface area contributed by atoms with Crippen molar-refractivity contribution in [2.75, 3.05) is 86.6 Å². The van der Waals surface area contributed by atoms with E-state index in [4.69, 9.17) is 29.2 Å². The number of carbonyl (C=O) groups is 6. The van der Waals surface area contributed by atoms with Crippen molar-refractivity contribution >= 4 is 36.3 Å². The molecule has 0 bridgehead atoms. The third-order valence-corrected chi connectivity index (χ3v) is 8.01. The molecule has 0 fully saturated rings. The first-order chi connectivity index (χ1) is 24.5. The number of rotatable bonds is 31. The second-order valence-electron chi connectivity index (χ2n) is 13.4. The van der Waals surface area contributed by atoms with Crippen LogP contribution in [0.4, 0.5) is 0 Å². The van der Waals surface area contributed by atoms with E-state index in [2.05, 4.69) is 35.1 Å². The van der Waals surface area contributed by atoms with E-state index in [1.807, 2.05) is 7.05 Å². The topological polar surface area (TPSA) is 228 Å². The molecule has 0 aliphatic heterocycles. The highest BCUT2D eigenvalue weighted by Gasteiger charge is 2.43. The average molecular weight is 751 g/mol. The molecular weight excluding hydrogens is 680 g/mol. The Morgan fingerprint density at radius 3 is 1.75 bits per heavy atom. The van der Waals surface area contributed by atoms with E-state index in [0.29, 0.717) is 58.8 Å². The quantitative estimate of drug-likeness (QED) is 0.0441. The molecule has 0 aromatic heterocycles. The number of amides is 2. The number of hydrogen-bond donors (Lipinski definition) is 6. The Morgan fingerprint density at radius 2 is 1.25 bits per heavy atom. The maximum atomic E-state index is 11.5. The zero-order chi connectivity index (χ0) is 40.3. The van der Waals surface area contributed by atoms with Crippen LogP contribution in [-0.4, -0.2) is 139 Å². The molecule has 0 radical (unpaired) electrons. The Kier molecular flexibility index (Phi) is 35.9. The van der Waals surface area contributed by atoms with Crippen LogP contribution in [0.25, 0.3) is 0 Å². The summed E-state index contributed by atoms with van der Waals surface area (Å²) in [6, 6.07) is -0.716. The first kappa shape index (κ1) is 53.3. The first-order valence-corrected chi connectivity index (χ1v) is 18.1. The summed E-state index contributed by atoms with van der Waals surface area (Å²) in [5.74, 6) is -1.38. The second kappa shape index (κ2) is 35.0. The van der Waals surface area contributed by atoms with Gasteiger partial charge in [-0.05, 0) is 46.7 Å². The number of aliphatic carboxylic acids is 2. The lowest BCUT2D eigenvalue weighted by molar-refractivity contribution is -0.155. The van der Waals surface area contributed by atoms with Gasteiger partial charge in [-0.3, -0.25) is 19.2 Å². The van der Waals surface area contributed by atoms with Gasteiger partial charge >= 0.3 is 11.9 Å². The van der Waals surface area contributed by atoms with E-state index in [0.717, 1.165) is 25.4 Å². The van der Waals surface area contributed by atoms with Gasteiger partial charge in [0.1, 0.15) is 31.8 Å². The smallest absolute Gasteiger partial charge is 0.320 e. The minimum atomic E-state index is -1.01. The summed E-state index contributed by atoms with van der Waals surface area (Å²) in [5.41, 5.74) is -1.83. The van der Waals surface area contributed by atoms with Gasteiger partial charge in [0.05, 0.1) is 45.1 Å². The predicted molar refractivity (Wildman–Crippen MR) is 198 cm³/mol. The number of hydrogen-bond acceptors (Lipinski definition) is 12. The van der Waals surface area contributed by atoms with Crippen molar-refractivity contribution in [3.63, 3.8) is 0 Å². The fourth-order valence-corrected chi connectivity index (χ4v) is 3.66. The number of likely N-dealkylation sites (N-methyl/N-ethyl adjacent to an activating group) is 2. The molecule has 0 saturated heterocycles. The standard InChI is InChI=1S/C16H34N2O3.C12H22N2O6.C8H14O3/c1-15(2)8-6-4-5-7-9-18-16(19)14-21-13-12-20-11-10-17-3;1-13-10(12(17)18)2-3-11(16)14-4-6-19-8-9-20-7-5-15;1-7(2,5-9)8(3,4)6(10)11/h15,17H,4-14H2,1-3H3,(H,18,19);5,10,13H,2-4,6-9H2,1H3,(H,14,16)(H,17,18);5H,1-4H3,(H,10,11). The van der Waals surface area contributed by atoms with Crippen LogP contribution >= 0.6 is 0 Å². The number of unbranched alkanes of at least 4 members (excludes halogenated alkanes) is 3. The van der Waals surface area contributed by atoms with Crippen molar-refractivity contribution in [1.29, 1.82) is 0 Å². The molecule has 0 rings (SSSR count). The molecule has 52 heavy (non-hydrogen) atoms. The molecule has 0 aliphatic carbocycles. The summed E-state index contributed by atoms with van der Waals surface area (Å²) in [6.07, 6.45) is 7.81. The third kappa shape index (κ3) is 32.9. The van der Waals surface area contributed by atoms with Crippen LogP contribution in [0.3, 0.4) is 0 Å². The molecular formula is C36H70N4O12. The van der Waals surface area contributed by atoms with Gasteiger partial charge in [-0.1, -0.05) is 53.4 Å². The average Bonchev–Trinajstić information content (AvgIpc) is 3.09. The molecule has 306 valence electrons. The summed E-state index contributed by atoms with van der Waals surface area (Å²) in [7, 11) is 3.42. The van der Waals surface area contributed by atoms with E-state index in [1.54, 1.807) is 27.7 Å². The third-order valence-electron chi connectivity index (χ3n) is 8.01. The summed E-state index contributed by atoms with van der Waals surface area (Å²) in [4.78, 5) is 64.7. The van der Waals surface area contributed by atoms with Crippen LogP contribution < -0.4 is 21.3 Å². The van der Waals surface area contributed by atoms with Crippen LogP contribution in [0.2, 0.25) is 0 Å². The number of carboxylic acid groups (broad SMARTS) is 2. The highest BCUT2D eigenvalue weighted by Crippen LogP contribution is 2.36. The number of carboxylic acids is 2. The molecule has 0 heterocycles. The molecule has 16 heteroatoms. The lowest BCUT2D eigenvalue weighted by Gasteiger charge is -2.32. The number of aldehydes is 2. The van der Waals surface area contributed by atoms with Crippen molar-refractivity contribution in [3.05, 3.63) is 0 Å².